The minimum atomic E-state index is -0.0243. The van der Waals surface area contributed by atoms with E-state index < -0.39 is 0 Å². The van der Waals surface area contributed by atoms with Crippen LogP contribution in [0.15, 0.2) is 59.0 Å². The summed E-state index contributed by atoms with van der Waals surface area (Å²) in [7, 11) is 0. The monoisotopic (exact) mass is 514 g/mol. The van der Waals surface area contributed by atoms with Gasteiger partial charge in [-0.2, -0.15) is 0 Å². The molecule has 0 spiro atoms. The summed E-state index contributed by atoms with van der Waals surface area (Å²) in [4.78, 5) is 0. The maximum atomic E-state index is 9.46. The summed E-state index contributed by atoms with van der Waals surface area (Å²) in [5.41, 5.74) is 1.96. The van der Waals surface area contributed by atoms with Crippen LogP contribution in [0, 0.1) is 5.41 Å². The topological polar surface area (TPSA) is 69.2 Å². The van der Waals surface area contributed by atoms with Crippen LogP contribution in [0.25, 0.3) is 0 Å². The Morgan fingerprint density at radius 1 is 0.920 bits per heavy atom. The van der Waals surface area contributed by atoms with Gasteiger partial charge in [0.25, 0.3) is 0 Å². The molecule has 3 nitrogen and oxygen atoms in total. The number of hydrogen-bond acceptors (Lipinski definition) is 3. The van der Waals surface area contributed by atoms with Gasteiger partial charge in [-0.25, -0.2) is 0 Å². The van der Waals surface area contributed by atoms with E-state index in [0.29, 0.717) is 24.7 Å². The Labute approximate surface area is 170 Å². The van der Waals surface area contributed by atoms with Gasteiger partial charge in [-0.15, -0.1) is 39.6 Å². The molecule has 0 unspecified atom stereocenters. The van der Waals surface area contributed by atoms with Crippen molar-refractivity contribution in [2.45, 2.75) is 46.5 Å². The Morgan fingerprint density at radius 2 is 1.28 bits per heavy atom. The second-order valence-electron chi connectivity index (χ2n) is 6.09. The molecule has 0 amide bonds. The summed E-state index contributed by atoms with van der Waals surface area (Å²) in [6.45, 7) is 16.8. The zero-order valence-corrected chi connectivity index (χ0v) is 19.8. The third-order valence-corrected chi connectivity index (χ3v) is 4.41. The van der Waals surface area contributed by atoms with Gasteiger partial charge in [-0.1, -0.05) is 37.5 Å². The summed E-state index contributed by atoms with van der Waals surface area (Å²) < 4.78 is 1.67. The van der Waals surface area contributed by atoms with Crippen LogP contribution in [0.5, 0.6) is 0 Å². The molecule has 0 saturated carbocycles. The Hall–Kier alpha value is -0.550. The van der Waals surface area contributed by atoms with E-state index in [4.69, 9.17) is 0 Å². The summed E-state index contributed by atoms with van der Waals surface area (Å²) in [5, 5.41) is 28.4. The van der Waals surface area contributed by atoms with Gasteiger partial charge in [-0.3, -0.25) is 0 Å². The van der Waals surface area contributed by atoms with Crippen molar-refractivity contribution in [2.24, 2.45) is 5.41 Å². The molecular weight excluding hydrogens is 479 g/mol. The molecule has 0 bridgehead atoms. The molecule has 0 aromatic carbocycles. The Kier molecular flexibility index (Phi) is 25.1. The predicted octanol–water partition coefficient (Wildman–Crippen LogP) is 2.56. The first kappa shape index (κ1) is 29.2. The fourth-order valence-corrected chi connectivity index (χ4v) is 3.53. The van der Waals surface area contributed by atoms with Gasteiger partial charge in [0.2, 0.25) is 0 Å². The van der Waals surface area contributed by atoms with Crippen molar-refractivity contribution < 1.29 is 39.7 Å². The average molecular weight is 513 g/mol. The van der Waals surface area contributed by atoms with Crippen molar-refractivity contribution in [2.75, 3.05) is 19.8 Å². The fraction of sp³-hybridized carbons (Fsp3) is 0.524. The summed E-state index contributed by atoms with van der Waals surface area (Å²) in [6.07, 6.45) is 12.4. The van der Waals surface area contributed by atoms with E-state index in [1.165, 1.54) is 30.8 Å². The Balaban J connectivity index is -0.000000279. The van der Waals surface area contributed by atoms with Gasteiger partial charge in [-0.05, 0) is 0 Å². The van der Waals surface area contributed by atoms with Crippen molar-refractivity contribution in [3.8, 4) is 0 Å². The van der Waals surface area contributed by atoms with Crippen LogP contribution >= 0.6 is 0 Å². The molecule has 4 heteroatoms. The predicted molar refractivity (Wildman–Crippen MR) is 99.3 cm³/mol. The first-order valence-corrected chi connectivity index (χ1v) is 10.2. The van der Waals surface area contributed by atoms with Crippen molar-refractivity contribution in [3.05, 3.63) is 59.0 Å². The molecule has 25 heavy (non-hydrogen) atoms. The molecule has 0 saturated heterocycles. The molecular formula is C21H34HfO3. The van der Waals surface area contributed by atoms with Gasteiger partial charge >= 0.3 is 78.0 Å². The van der Waals surface area contributed by atoms with Gasteiger partial charge in [0.1, 0.15) is 0 Å². The fourth-order valence-electron chi connectivity index (χ4n) is 1.46. The molecule has 0 aliphatic heterocycles. The van der Waals surface area contributed by atoms with Crippen LogP contribution in [0.2, 0.25) is 0 Å². The van der Waals surface area contributed by atoms with Crippen molar-refractivity contribution in [1.82, 2.24) is 0 Å². The quantitative estimate of drug-likeness (QED) is 0.406. The van der Waals surface area contributed by atoms with E-state index in [9.17, 15) is 15.3 Å². The second-order valence-corrected chi connectivity index (χ2v) is 8.26. The van der Waals surface area contributed by atoms with Gasteiger partial charge in [0, 0.05) is 0 Å². The zero-order valence-electron chi connectivity index (χ0n) is 16.2. The molecule has 0 fully saturated rings. The number of allylic oxidation sites excluding steroid dienone is 4. The summed E-state index contributed by atoms with van der Waals surface area (Å²) in [5.74, 6) is 0. The zero-order chi connectivity index (χ0) is 20.1. The van der Waals surface area contributed by atoms with Gasteiger partial charge < -0.3 is 15.3 Å². The molecule has 0 heterocycles. The summed E-state index contributed by atoms with van der Waals surface area (Å²) >= 11 is 1.23. The standard InChI is InChI=1S/C9H13.3C4H7O.Hf/c1-9(2,3)8-6-4-5-7-8;3*1-2-3-4-5;/h4,6H,5H2,1-3H3;3*2H,1,3-4H2;/q;3*-1;+3. The average Bonchev–Trinajstić information content (AvgIpc) is 2.98. The van der Waals surface area contributed by atoms with Crippen LogP contribution in [0.3, 0.4) is 0 Å². The molecule has 0 atom stereocenters. The molecule has 1 aliphatic rings. The van der Waals surface area contributed by atoms with Crippen LogP contribution < -0.4 is 15.3 Å². The van der Waals surface area contributed by atoms with E-state index in [2.05, 4.69) is 52.7 Å². The van der Waals surface area contributed by atoms with E-state index in [1.54, 1.807) is 27.1 Å². The first-order valence-electron chi connectivity index (χ1n) is 8.45. The molecule has 0 N–H and O–H groups in total. The molecule has 1 aliphatic carbocycles. The van der Waals surface area contributed by atoms with Crippen molar-refractivity contribution in [1.29, 1.82) is 0 Å². The van der Waals surface area contributed by atoms with E-state index in [-0.39, 0.29) is 19.8 Å². The normalized spacial score (nSPS) is 12.0. The molecule has 0 aromatic rings. The maximum absolute atomic E-state index is 9.46. The van der Waals surface area contributed by atoms with Crippen LogP contribution in [0.4, 0.5) is 0 Å². The van der Waals surface area contributed by atoms with Crippen LogP contribution in [-0.4, -0.2) is 19.8 Å². The minimum absolute atomic E-state index is 0.0243. The first-order chi connectivity index (χ1) is 11.8. The third-order valence-electron chi connectivity index (χ3n) is 2.71. The second kappa shape index (κ2) is 21.5. The van der Waals surface area contributed by atoms with Gasteiger partial charge in [0.05, 0.1) is 0 Å². The van der Waals surface area contributed by atoms with Crippen LogP contribution in [0.1, 0.15) is 46.5 Å². The van der Waals surface area contributed by atoms with Gasteiger partial charge in [0.15, 0.2) is 0 Å². The molecule has 140 valence electrons. The number of hydrogen-bond donors (Lipinski definition) is 0. The van der Waals surface area contributed by atoms with Crippen molar-refractivity contribution >= 4 is 0 Å². The number of rotatable bonds is 6. The van der Waals surface area contributed by atoms with Crippen LogP contribution in [-0.2, 0) is 24.4 Å². The van der Waals surface area contributed by atoms with E-state index in [1.807, 2.05) is 0 Å². The third kappa shape index (κ3) is 23.5. The van der Waals surface area contributed by atoms with E-state index >= 15 is 0 Å². The Bertz CT molecular complexity index is 367. The molecule has 0 radical (unpaired) electrons. The SMILES string of the molecule is C=CCC[O-].C=CCC[O-].C=CCC[O-].CC(C)(C)C1=[C]([Hf+3])CC=C1. The molecule has 0 aromatic heterocycles. The Morgan fingerprint density at radius 3 is 1.36 bits per heavy atom. The van der Waals surface area contributed by atoms with E-state index in [0.717, 1.165) is 0 Å². The molecule has 1 rings (SSSR count). The summed E-state index contributed by atoms with van der Waals surface area (Å²) in [6, 6.07) is 0. The van der Waals surface area contributed by atoms with Crippen molar-refractivity contribution in [3.63, 3.8) is 0 Å².